The molecule has 1 fully saturated rings. The zero-order chi connectivity index (χ0) is 21.8. The molecule has 2 N–H and O–H groups in total. The average Bonchev–Trinajstić information content (AvgIpc) is 2.80. The monoisotopic (exact) mass is 436 g/mol. The molecular formula is C24H25ClN4O2. The van der Waals surface area contributed by atoms with Gasteiger partial charge in [0.25, 0.3) is 5.91 Å². The third-order valence-electron chi connectivity index (χ3n) is 5.48. The van der Waals surface area contributed by atoms with E-state index in [9.17, 15) is 4.79 Å². The van der Waals surface area contributed by atoms with Crippen molar-refractivity contribution in [3.05, 3.63) is 76.9 Å². The fourth-order valence-corrected chi connectivity index (χ4v) is 3.69. The van der Waals surface area contributed by atoms with Crippen LogP contribution >= 0.6 is 11.6 Å². The van der Waals surface area contributed by atoms with Crippen LogP contribution in [0.5, 0.6) is 5.75 Å². The van der Waals surface area contributed by atoms with Crippen LogP contribution in [0.15, 0.2) is 60.8 Å². The van der Waals surface area contributed by atoms with Gasteiger partial charge in [0.05, 0.1) is 0 Å². The van der Waals surface area contributed by atoms with Gasteiger partial charge in [-0.15, -0.1) is 0 Å². The van der Waals surface area contributed by atoms with E-state index in [1.54, 1.807) is 6.20 Å². The van der Waals surface area contributed by atoms with Crippen molar-refractivity contribution in [1.29, 1.82) is 0 Å². The van der Waals surface area contributed by atoms with Gasteiger partial charge in [-0.1, -0.05) is 41.9 Å². The number of benzene rings is 2. The van der Waals surface area contributed by atoms with Gasteiger partial charge in [-0.3, -0.25) is 4.79 Å². The Morgan fingerprint density at radius 1 is 1.06 bits per heavy atom. The van der Waals surface area contributed by atoms with Gasteiger partial charge in [0.1, 0.15) is 6.61 Å². The summed E-state index contributed by atoms with van der Waals surface area (Å²) >= 11 is 6.20. The number of amides is 1. The van der Waals surface area contributed by atoms with Gasteiger partial charge in [0.2, 0.25) is 0 Å². The largest absolute Gasteiger partial charge is 0.485 e. The molecule has 31 heavy (non-hydrogen) atoms. The lowest BCUT2D eigenvalue weighted by Gasteiger charge is -2.32. The fourth-order valence-electron chi connectivity index (χ4n) is 3.50. The molecule has 2 aromatic carbocycles. The number of hydrogen-bond acceptors (Lipinski definition) is 5. The topological polar surface area (TPSA) is 71.7 Å². The highest BCUT2D eigenvalue weighted by Gasteiger charge is 2.20. The summed E-state index contributed by atoms with van der Waals surface area (Å²) in [5, 5.41) is 0.644. The number of nitrogens with two attached hydrogens (primary N) is 1. The molecule has 160 valence electrons. The van der Waals surface area contributed by atoms with Crippen LogP contribution in [0.25, 0.3) is 11.1 Å². The first-order chi connectivity index (χ1) is 15.0. The van der Waals surface area contributed by atoms with E-state index in [4.69, 9.17) is 22.1 Å². The van der Waals surface area contributed by atoms with Crippen molar-refractivity contribution in [1.82, 2.24) is 14.8 Å². The molecule has 2 heterocycles. The average molecular weight is 437 g/mol. The third kappa shape index (κ3) is 4.98. The van der Waals surface area contributed by atoms with Gasteiger partial charge in [0.15, 0.2) is 11.6 Å². The zero-order valence-corrected chi connectivity index (χ0v) is 18.2. The lowest BCUT2D eigenvalue weighted by Crippen LogP contribution is -2.47. The van der Waals surface area contributed by atoms with E-state index in [0.29, 0.717) is 28.8 Å². The Bertz CT molecular complexity index is 1060. The van der Waals surface area contributed by atoms with Crippen LogP contribution in [0.2, 0.25) is 5.02 Å². The van der Waals surface area contributed by atoms with Gasteiger partial charge in [-0.25, -0.2) is 4.98 Å². The minimum absolute atomic E-state index is 0.0684. The van der Waals surface area contributed by atoms with Crippen molar-refractivity contribution < 1.29 is 9.53 Å². The van der Waals surface area contributed by atoms with Gasteiger partial charge >= 0.3 is 0 Å². The maximum Gasteiger partial charge on any atom is 0.253 e. The summed E-state index contributed by atoms with van der Waals surface area (Å²) in [5.41, 5.74) is 9.36. The van der Waals surface area contributed by atoms with Crippen LogP contribution in [-0.4, -0.2) is 53.9 Å². The molecule has 0 unspecified atom stereocenters. The van der Waals surface area contributed by atoms with Crippen molar-refractivity contribution in [3.8, 4) is 16.9 Å². The molecule has 1 aliphatic rings. The Hall–Kier alpha value is -3.09. The fraction of sp³-hybridized carbons (Fsp3) is 0.250. The molecule has 3 aromatic rings. The van der Waals surface area contributed by atoms with Crippen molar-refractivity contribution in [2.75, 3.05) is 39.0 Å². The van der Waals surface area contributed by atoms with Crippen LogP contribution in [0, 0.1) is 0 Å². The van der Waals surface area contributed by atoms with Crippen LogP contribution in [0.4, 0.5) is 5.82 Å². The molecule has 0 spiro atoms. The summed E-state index contributed by atoms with van der Waals surface area (Å²) in [7, 11) is 2.07. The lowest BCUT2D eigenvalue weighted by molar-refractivity contribution is 0.0664. The number of nitrogens with zero attached hydrogens (tertiary/aromatic N) is 3. The molecule has 0 saturated carbocycles. The molecule has 1 aliphatic heterocycles. The van der Waals surface area contributed by atoms with E-state index in [2.05, 4.69) is 16.9 Å². The minimum atomic E-state index is 0.0684. The standard InChI is InChI=1S/C24H25ClN4O2/c1-28-10-12-29(13-11-28)24(30)18-8-6-17(7-9-18)20-14-22(23(26)27-15-20)31-16-19-4-2-3-5-21(19)25/h2-9,14-15H,10-13,16H2,1H3,(H2,26,27). The quantitative estimate of drug-likeness (QED) is 0.655. The second-order valence-corrected chi connectivity index (χ2v) is 8.07. The first-order valence-electron chi connectivity index (χ1n) is 10.2. The first-order valence-corrected chi connectivity index (χ1v) is 10.6. The van der Waals surface area contributed by atoms with E-state index >= 15 is 0 Å². The molecule has 0 aliphatic carbocycles. The van der Waals surface area contributed by atoms with Crippen LogP contribution < -0.4 is 10.5 Å². The number of pyridine rings is 1. The summed E-state index contributed by atoms with van der Waals surface area (Å²) in [5.74, 6) is 0.881. The van der Waals surface area contributed by atoms with Gasteiger partial charge in [-0.05, 0) is 36.9 Å². The molecule has 7 heteroatoms. The van der Waals surface area contributed by atoms with Crippen molar-refractivity contribution in [2.24, 2.45) is 0 Å². The Kier molecular flexibility index (Phi) is 6.39. The van der Waals surface area contributed by atoms with Crippen LogP contribution in [0.3, 0.4) is 0 Å². The van der Waals surface area contributed by atoms with E-state index in [-0.39, 0.29) is 5.91 Å². The maximum absolute atomic E-state index is 12.7. The number of carbonyl (C=O) groups excluding carboxylic acids is 1. The molecule has 1 saturated heterocycles. The third-order valence-corrected chi connectivity index (χ3v) is 5.85. The summed E-state index contributed by atoms with van der Waals surface area (Å²) in [6.45, 7) is 3.61. The van der Waals surface area contributed by atoms with Gasteiger partial charge in [0, 0.05) is 54.1 Å². The zero-order valence-electron chi connectivity index (χ0n) is 17.4. The molecule has 0 radical (unpaired) electrons. The van der Waals surface area contributed by atoms with Crippen LogP contribution in [-0.2, 0) is 6.61 Å². The van der Waals surface area contributed by atoms with E-state index in [1.807, 2.05) is 59.5 Å². The second-order valence-electron chi connectivity index (χ2n) is 7.66. The maximum atomic E-state index is 12.7. The Balaban J connectivity index is 1.47. The number of halogens is 1. The number of likely N-dealkylation sites (N-methyl/N-ethyl adjacent to an activating group) is 1. The summed E-state index contributed by atoms with van der Waals surface area (Å²) in [6, 6.07) is 16.9. The number of hydrogen-bond donors (Lipinski definition) is 1. The summed E-state index contributed by atoms with van der Waals surface area (Å²) in [6.07, 6.45) is 1.70. The predicted molar refractivity (Wildman–Crippen MR) is 123 cm³/mol. The predicted octanol–water partition coefficient (Wildman–Crippen LogP) is 3.95. The van der Waals surface area contributed by atoms with E-state index < -0.39 is 0 Å². The number of ether oxygens (including phenoxy) is 1. The number of piperazine rings is 1. The molecule has 4 rings (SSSR count). The number of rotatable bonds is 5. The van der Waals surface area contributed by atoms with E-state index in [0.717, 1.165) is 42.9 Å². The Morgan fingerprint density at radius 2 is 1.77 bits per heavy atom. The molecule has 1 aromatic heterocycles. The van der Waals surface area contributed by atoms with Gasteiger partial charge < -0.3 is 20.3 Å². The number of carbonyl (C=O) groups is 1. The normalized spacial score (nSPS) is 14.5. The van der Waals surface area contributed by atoms with Crippen molar-refractivity contribution >= 4 is 23.3 Å². The number of nitrogen functional groups attached to an aromatic ring is 1. The summed E-state index contributed by atoms with van der Waals surface area (Å²) < 4.78 is 5.88. The molecular weight excluding hydrogens is 412 g/mol. The van der Waals surface area contributed by atoms with Crippen LogP contribution in [0.1, 0.15) is 15.9 Å². The van der Waals surface area contributed by atoms with E-state index in [1.165, 1.54) is 0 Å². The molecule has 0 atom stereocenters. The first kappa shape index (κ1) is 21.2. The highest BCUT2D eigenvalue weighted by molar-refractivity contribution is 6.31. The van der Waals surface area contributed by atoms with Crippen molar-refractivity contribution in [3.63, 3.8) is 0 Å². The highest BCUT2D eigenvalue weighted by atomic mass is 35.5. The van der Waals surface area contributed by atoms with Gasteiger partial charge in [-0.2, -0.15) is 0 Å². The number of aromatic nitrogens is 1. The molecule has 0 bridgehead atoms. The second kappa shape index (κ2) is 9.37. The molecule has 1 amide bonds. The summed E-state index contributed by atoms with van der Waals surface area (Å²) in [4.78, 5) is 21.1. The Labute approximate surface area is 187 Å². The molecule has 6 nitrogen and oxygen atoms in total. The highest BCUT2D eigenvalue weighted by Crippen LogP contribution is 2.29. The smallest absolute Gasteiger partial charge is 0.253 e. The van der Waals surface area contributed by atoms with Crippen molar-refractivity contribution in [2.45, 2.75) is 6.61 Å². The lowest BCUT2D eigenvalue weighted by atomic mass is 10.0. The number of anilines is 1. The minimum Gasteiger partial charge on any atom is -0.485 e. The Morgan fingerprint density at radius 3 is 2.48 bits per heavy atom. The SMILES string of the molecule is CN1CCN(C(=O)c2ccc(-c3cnc(N)c(OCc4ccccc4Cl)c3)cc2)CC1.